The fraction of sp³-hybridized carbons (Fsp3) is 1.00. The van der Waals surface area contributed by atoms with Gasteiger partial charge in [-0.05, 0) is 0 Å². The molecule has 0 nitrogen and oxygen atoms in total. The zero-order valence-electron chi connectivity index (χ0n) is 4.61. The van der Waals surface area contributed by atoms with Crippen LogP contribution >= 0.6 is 22.6 Å². The van der Waals surface area contributed by atoms with Gasteiger partial charge in [-0.15, -0.1) is 0 Å². The van der Waals surface area contributed by atoms with Crippen LogP contribution in [0.4, 0.5) is 0 Å². The van der Waals surface area contributed by atoms with Gasteiger partial charge in [0.15, 0.2) is 0 Å². The number of alkyl halides is 3. The Morgan fingerprint density at radius 3 is 2.75 bits per heavy atom. The van der Waals surface area contributed by atoms with Crippen molar-refractivity contribution in [1.82, 2.24) is 0 Å². The summed E-state index contributed by atoms with van der Waals surface area (Å²) < 4.78 is 4.39. The van der Waals surface area contributed by atoms with Crippen LogP contribution in [-0.4, -0.2) is 12.8 Å². The van der Waals surface area contributed by atoms with Gasteiger partial charge in [-0.2, -0.15) is 0 Å². The van der Waals surface area contributed by atoms with Crippen molar-refractivity contribution in [3.05, 3.63) is 0 Å². The van der Waals surface area contributed by atoms with E-state index < -0.39 is 0 Å². The maximum atomic E-state index is 2.63. The summed E-state index contributed by atoms with van der Waals surface area (Å²) in [4.78, 5) is 0. The molecule has 1 saturated heterocycles. The van der Waals surface area contributed by atoms with Gasteiger partial charge < -0.3 is 0 Å². The van der Waals surface area contributed by atoms with E-state index in [0.717, 1.165) is 3.92 Å². The van der Waals surface area contributed by atoms with E-state index in [1.807, 2.05) is 0 Å². The SMILES string of the molecule is IC1CC2C[I-]C[C@@H]12. The summed E-state index contributed by atoms with van der Waals surface area (Å²) in [7, 11) is 0. The molecular weight excluding hydrogens is 326 g/mol. The molecule has 0 aromatic carbocycles. The summed E-state index contributed by atoms with van der Waals surface area (Å²) in [6.45, 7) is 0. The van der Waals surface area contributed by atoms with Crippen LogP contribution < -0.4 is 21.2 Å². The van der Waals surface area contributed by atoms with Gasteiger partial charge in [0.25, 0.3) is 0 Å². The molecule has 1 heterocycles. The van der Waals surface area contributed by atoms with Crippen LogP contribution in [0.15, 0.2) is 0 Å². The number of halogens is 2. The molecule has 2 unspecified atom stereocenters. The molecule has 2 fully saturated rings. The van der Waals surface area contributed by atoms with E-state index in [4.69, 9.17) is 0 Å². The van der Waals surface area contributed by atoms with Crippen LogP contribution in [0.2, 0.25) is 0 Å². The van der Waals surface area contributed by atoms with E-state index in [9.17, 15) is 0 Å². The van der Waals surface area contributed by atoms with Gasteiger partial charge in [-0.1, -0.05) is 0 Å². The second-order valence-corrected chi connectivity index (χ2v) is 7.11. The van der Waals surface area contributed by atoms with E-state index in [1.165, 1.54) is 11.8 Å². The van der Waals surface area contributed by atoms with Crippen LogP contribution in [0.5, 0.6) is 0 Å². The summed E-state index contributed by atoms with van der Waals surface area (Å²) >= 11 is 3.32. The summed E-state index contributed by atoms with van der Waals surface area (Å²) in [5.74, 6) is 2.41. The molecule has 8 heavy (non-hydrogen) atoms. The van der Waals surface area contributed by atoms with E-state index in [0.29, 0.717) is 21.2 Å². The predicted molar refractivity (Wildman–Crippen MR) is 39.1 cm³/mol. The van der Waals surface area contributed by atoms with Crippen LogP contribution in [-0.2, 0) is 0 Å². The Morgan fingerprint density at radius 2 is 2.25 bits per heavy atom. The molecular formula is C6H9I2-. The minimum atomic E-state index is 0.692. The molecule has 2 rings (SSSR count). The van der Waals surface area contributed by atoms with Crippen molar-refractivity contribution < 1.29 is 21.2 Å². The number of hydrogen-bond acceptors (Lipinski definition) is 0. The van der Waals surface area contributed by atoms with Crippen molar-refractivity contribution in [1.29, 1.82) is 0 Å². The van der Waals surface area contributed by atoms with Gasteiger partial charge in [-0.3, -0.25) is 0 Å². The monoisotopic (exact) mass is 335 g/mol. The van der Waals surface area contributed by atoms with Crippen LogP contribution in [0.3, 0.4) is 0 Å². The van der Waals surface area contributed by atoms with Gasteiger partial charge in [-0.25, -0.2) is 0 Å². The molecule has 48 valence electrons. The van der Waals surface area contributed by atoms with Crippen molar-refractivity contribution in [2.75, 3.05) is 8.86 Å². The van der Waals surface area contributed by atoms with Gasteiger partial charge >= 0.3 is 74.8 Å². The average molecular weight is 335 g/mol. The van der Waals surface area contributed by atoms with E-state index in [1.54, 1.807) is 15.3 Å². The van der Waals surface area contributed by atoms with E-state index in [2.05, 4.69) is 22.6 Å². The first-order chi connectivity index (χ1) is 3.88. The maximum absolute atomic E-state index is 2.63. The Bertz CT molecular complexity index is 103. The molecule has 0 bridgehead atoms. The molecule has 1 saturated carbocycles. The third-order valence-corrected chi connectivity index (χ3v) is 7.02. The molecule has 0 N–H and O–H groups in total. The zero-order chi connectivity index (χ0) is 5.56. The summed E-state index contributed by atoms with van der Waals surface area (Å²) in [5, 5.41) is 0. The molecule has 0 radical (unpaired) electrons. The Balaban J connectivity index is 2.02. The Hall–Kier alpha value is 1.46. The third-order valence-electron chi connectivity index (χ3n) is 2.19. The van der Waals surface area contributed by atoms with Crippen LogP contribution in [0.25, 0.3) is 0 Å². The predicted octanol–water partition coefficient (Wildman–Crippen LogP) is -1.47. The van der Waals surface area contributed by atoms with Crippen molar-refractivity contribution in [3.63, 3.8) is 0 Å². The van der Waals surface area contributed by atoms with Gasteiger partial charge in [0.05, 0.1) is 0 Å². The topological polar surface area (TPSA) is 0 Å². The minimum absolute atomic E-state index is 0.692. The third kappa shape index (κ3) is 0.822. The Labute approximate surface area is 74.2 Å². The van der Waals surface area contributed by atoms with Gasteiger partial charge in [0, 0.05) is 0 Å². The molecule has 1 aliphatic carbocycles. The first-order valence-corrected chi connectivity index (χ1v) is 7.35. The Kier molecular flexibility index (Phi) is 1.74. The second kappa shape index (κ2) is 2.25. The van der Waals surface area contributed by atoms with Crippen molar-refractivity contribution in [2.45, 2.75) is 10.3 Å². The van der Waals surface area contributed by atoms with E-state index >= 15 is 0 Å². The quantitative estimate of drug-likeness (QED) is 0.375. The number of rotatable bonds is 0. The summed E-state index contributed by atoms with van der Waals surface area (Å²) in [6.07, 6.45) is 1.56. The molecule has 0 spiro atoms. The number of hydrogen-bond donors (Lipinski definition) is 0. The number of fused-ring (bicyclic) bond motifs is 1. The molecule has 0 amide bonds. The molecule has 2 heteroatoms. The molecule has 0 aromatic rings. The molecule has 0 aromatic heterocycles. The second-order valence-electron chi connectivity index (χ2n) is 2.67. The fourth-order valence-corrected chi connectivity index (χ4v) is 8.16. The summed E-state index contributed by atoms with van der Waals surface area (Å²) in [6, 6.07) is 0. The molecule has 1 aliphatic heterocycles. The van der Waals surface area contributed by atoms with Crippen molar-refractivity contribution >= 4 is 22.6 Å². The van der Waals surface area contributed by atoms with Crippen LogP contribution in [0.1, 0.15) is 6.42 Å². The molecule has 2 aliphatic rings. The first-order valence-electron chi connectivity index (χ1n) is 3.05. The normalized spacial score (nSPS) is 53.9. The van der Waals surface area contributed by atoms with Crippen molar-refractivity contribution in [3.8, 4) is 0 Å². The van der Waals surface area contributed by atoms with Gasteiger partial charge in [0.1, 0.15) is 0 Å². The van der Waals surface area contributed by atoms with E-state index in [-0.39, 0.29) is 0 Å². The Morgan fingerprint density at radius 1 is 1.38 bits per heavy atom. The summed E-state index contributed by atoms with van der Waals surface area (Å²) in [5.41, 5.74) is 0. The fourth-order valence-electron chi connectivity index (χ4n) is 1.47. The van der Waals surface area contributed by atoms with Crippen LogP contribution in [0, 0.1) is 11.8 Å². The standard InChI is InChI=1S/C6H9I2/c7-6-1-4-2-8-3-5(4)6/h4-6H,1-3H2/q-1/t4?,5-,6?/m1/s1. The first kappa shape index (κ1) is 6.19. The zero-order valence-corrected chi connectivity index (χ0v) is 8.92. The van der Waals surface area contributed by atoms with Crippen molar-refractivity contribution in [2.24, 2.45) is 11.8 Å². The van der Waals surface area contributed by atoms with Gasteiger partial charge in [0.2, 0.25) is 0 Å². The average Bonchev–Trinajstić information content (AvgIpc) is 2.09. The molecule has 3 atom stereocenters.